The Morgan fingerprint density at radius 2 is 1.71 bits per heavy atom. The van der Waals surface area contributed by atoms with Gasteiger partial charge in [-0.25, -0.2) is 0 Å². The van der Waals surface area contributed by atoms with Crippen LogP contribution in [0.2, 0.25) is 0 Å². The summed E-state index contributed by atoms with van der Waals surface area (Å²) in [6.07, 6.45) is 0.731. The fourth-order valence-corrected chi connectivity index (χ4v) is 1.60. The Bertz CT molecular complexity index is 318. The molecule has 0 aliphatic rings. The fraction of sp³-hybridized carbons (Fsp3) is 0.500. The van der Waals surface area contributed by atoms with Crippen molar-refractivity contribution >= 4 is 5.69 Å². The molecule has 0 radical (unpaired) electrons. The molecule has 0 atom stereocenters. The van der Waals surface area contributed by atoms with Crippen molar-refractivity contribution in [3.63, 3.8) is 0 Å². The molecule has 0 fully saturated rings. The van der Waals surface area contributed by atoms with E-state index in [4.69, 9.17) is 5.11 Å². The molecule has 0 saturated heterocycles. The van der Waals surface area contributed by atoms with Gasteiger partial charge in [0.05, 0.1) is 0 Å². The SMILES string of the molecule is Cc1cc(CCO)c(N(C)C)cc1C. The molecule has 0 unspecified atom stereocenters. The molecule has 0 amide bonds. The van der Waals surface area contributed by atoms with Crippen LogP contribution in [0.4, 0.5) is 5.69 Å². The summed E-state index contributed by atoms with van der Waals surface area (Å²) in [5.41, 5.74) is 5.03. The molecule has 1 rings (SSSR count). The monoisotopic (exact) mass is 193 g/mol. The summed E-state index contributed by atoms with van der Waals surface area (Å²) in [5.74, 6) is 0. The van der Waals surface area contributed by atoms with Crippen LogP contribution in [-0.4, -0.2) is 25.8 Å². The van der Waals surface area contributed by atoms with Gasteiger partial charge < -0.3 is 10.0 Å². The van der Waals surface area contributed by atoms with Crippen molar-refractivity contribution in [2.24, 2.45) is 0 Å². The van der Waals surface area contributed by atoms with E-state index in [1.165, 1.54) is 22.4 Å². The molecule has 1 aromatic carbocycles. The summed E-state index contributed by atoms with van der Waals surface area (Å²) in [7, 11) is 4.07. The Morgan fingerprint density at radius 3 is 2.21 bits per heavy atom. The van der Waals surface area contributed by atoms with Gasteiger partial charge >= 0.3 is 0 Å². The number of rotatable bonds is 3. The maximum atomic E-state index is 8.97. The first-order valence-electron chi connectivity index (χ1n) is 4.94. The van der Waals surface area contributed by atoms with Crippen molar-refractivity contribution in [3.8, 4) is 0 Å². The third-order valence-corrected chi connectivity index (χ3v) is 2.56. The lowest BCUT2D eigenvalue weighted by atomic mass is 10.0. The maximum Gasteiger partial charge on any atom is 0.0472 e. The van der Waals surface area contributed by atoms with Crippen LogP contribution in [0.1, 0.15) is 16.7 Å². The lowest BCUT2D eigenvalue weighted by Gasteiger charge is -2.19. The van der Waals surface area contributed by atoms with Crippen molar-refractivity contribution in [2.45, 2.75) is 20.3 Å². The Balaban J connectivity index is 3.17. The van der Waals surface area contributed by atoms with E-state index in [0.29, 0.717) is 0 Å². The lowest BCUT2D eigenvalue weighted by Crippen LogP contribution is -2.12. The van der Waals surface area contributed by atoms with Gasteiger partial charge in [0.2, 0.25) is 0 Å². The molecular weight excluding hydrogens is 174 g/mol. The Hall–Kier alpha value is -1.02. The van der Waals surface area contributed by atoms with E-state index in [-0.39, 0.29) is 6.61 Å². The number of benzene rings is 1. The van der Waals surface area contributed by atoms with Gasteiger partial charge in [0.25, 0.3) is 0 Å². The first-order chi connectivity index (χ1) is 6.56. The highest BCUT2D eigenvalue weighted by Gasteiger charge is 2.06. The number of anilines is 1. The highest BCUT2D eigenvalue weighted by Crippen LogP contribution is 2.23. The molecule has 0 spiro atoms. The largest absolute Gasteiger partial charge is 0.396 e. The van der Waals surface area contributed by atoms with Gasteiger partial charge in [-0.05, 0) is 43.0 Å². The minimum Gasteiger partial charge on any atom is -0.396 e. The van der Waals surface area contributed by atoms with Gasteiger partial charge in [-0.1, -0.05) is 6.07 Å². The zero-order chi connectivity index (χ0) is 10.7. The molecule has 2 heteroatoms. The second kappa shape index (κ2) is 4.47. The Morgan fingerprint density at radius 1 is 1.14 bits per heavy atom. The van der Waals surface area contributed by atoms with Crippen LogP contribution in [0.15, 0.2) is 12.1 Å². The third-order valence-electron chi connectivity index (χ3n) is 2.56. The van der Waals surface area contributed by atoms with Crippen LogP contribution >= 0.6 is 0 Å². The highest BCUT2D eigenvalue weighted by atomic mass is 16.2. The van der Waals surface area contributed by atoms with Crippen molar-refractivity contribution in [3.05, 3.63) is 28.8 Å². The van der Waals surface area contributed by atoms with E-state index in [1.807, 2.05) is 14.1 Å². The minimum atomic E-state index is 0.212. The molecule has 14 heavy (non-hydrogen) atoms. The van der Waals surface area contributed by atoms with E-state index in [2.05, 4.69) is 30.9 Å². The molecule has 1 N–H and O–H groups in total. The van der Waals surface area contributed by atoms with Crippen molar-refractivity contribution in [1.82, 2.24) is 0 Å². The van der Waals surface area contributed by atoms with E-state index in [1.54, 1.807) is 0 Å². The zero-order valence-corrected chi connectivity index (χ0v) is 9.46. The second-order valence-corrected chi connectivity index (χ2v) is 3.93. The molecular formula is C12H19NO. The Kier molecular flexibility index (Phi) is 3.53. The number of hydrogen-bond donors (Lipinski definition) is 1. The average Bonchev–Trinajstić information content (AvgIpc) is 2.11. The van der Waals surface area contributed by atoms with Crippen LogP contribution in [0, 0.1) is 13.8 Å². The standard InChI is InChI=1S/C12H19NO/c1-9-7-11(5-6-14)12(13(3)4)8-10(9)2/h7-8,14H,5-6H2,1-4H3. The molecule has 0 aromatic heterocycles. The van der Waals surface area contributed by atoms with Crippen LogP contribution in [0.25, 0.3) is 0 Å². The molecule has 1 aromatic rings. The summed E-state index contributed by atoms with van der Waals surface area (Å²) in [6, 6.07) is 4.35. The second-order valence-electron chi connectivity index (χ2n) is 3.93. The van der Waals surface area contributed by atoms with E-state index in [0.717, 1.165) is 6.42 Å². The quantitative estimate of drug-likeness (QED) is 0.792. The van der Waals surface area contributed by atoms with Crippen LogP contribution in [-0.2, 0) is 6.42 Å². The first-order valence-corrected chi connectivity index (χ1v) is 4.94. The third kappa shape index (κ3) is 2.26. The van der Waals surface area contributed by atoms with Crippen molar-refractivity contribution < 1.29 is 5.11 Å². The molecule has 78 valence electrons. The van der Waals surface area contributed by atoms with Crippen LogP contribution in [0.5, 0.6) is 0 Å². The number of aryl methyl sites for hydroxylation is 2. The summed E-state index contributed by atoms with van der Waals surface area (Å²) in [4.78, 5) is 2.09. The fourth-order valence-electron chi connectivity index (χ4n) is 1.60. The molecule has 0 bridgehead atoms. The van der Waals surface area contributed by atoms with Gasteiger partial charge in [-0.3, -0.25) is 0 Å². The predicted molar refractivity (Wildman–Crippen MR) is 61.0 cm³/mol. The number of aliphatic hydroxyl groups is 1. The van der Waals surface area contributed by atoms with E-state index < -0.39 is 0 Å². The van der Waals surface area contributed by atoms with Crippen molar-refractivity contribution in [1.29, 1.82) is 0 Å². The first kappa shape index (κ1) is 11.1. The lowest BCUT2D eigenvalue weighted by molar-refractivity contribution is 0.299. The minimum absolute atomic E-state index is 0.212. The van der Waals surface area contributed by atoms with Gasteiger partial charge in [0, 0.05) is 26.4 Å². The summed E-state index contributed by atoms with van der Waals surface area (Å²) >= 11 is 0. The molecule has 0 aliphatic heterocycles. The normalized spacial score (nSPS) is 10.4. The summed E-state index contributed by atoms with van der Waals surface area (Å²) in [5, 5.41) is 8.97. The van der Waals surface area contributed by atoms with Crippen LogP contribution in [0.3, 0.4) is 0 Å². The topological polar surface area (TPSA) is 23.5 Å². The van der Waals surface area contributed by atoms with Gasteiger partial charge in [0.15, 0.2) is 0 Å². The molecule has 0 aliphatic carbocycles. The van der Waals surface area contributed by atoms with Crippen molar-refractivity contribution in [2.75, 3.05) is 25.6 Å². The maximum absolute atomic E-state index is 8.97. The number of hydrogen-bond acceptors (Lipinski definition) is 2. The molecule has 0 heterocycles. The van der Waals surface area contributed by atoms with Gasteiger partial charge in [-0.2, -0.15) is 0 Å². The summed E-state index contributed by atoms with van der Waals surface area (Å²) < 4.78 is 0. The van der Waals surface area contributed by atoms with Gasteiger partial charge in [-0.15, -0.1) is 0 Å². The number of aliphatic hydroxyl groups excluding tert-OH is 1. The van der Waals surface area contributed by atoms with E-state index in [9.17, 15) is 0 Å². The van der Waals surface area contributed by atoms with Crippen LogP contribution < -0.4 is 4.90 Å². The smallest absolute Gasteiger partial charge is 0.0472 e. The highest BCUT2D eigenvalue weighted by molar-refractivity contribution is 5.56. The van der Waals surface area contributed by atoms with E-state index >= 15 is 0 Å². The predicted octanol–water partition coefficient (Wildman–Crippen LogP) is 1.90. The molecule has 0 saturated carbocycles. The zero-order valence-electron chi connectivity index (χ0n) is 9.46. The summed E-state index contributed by atoms with van der Waals surface area (Å²) in [6.45, 7) is 4.43. The number of nitrogens with zero attached hydrogens (tertiary/aromatic N) is 1. The molecule has 2 nitrogen and oxygen atoms in total. The van der Waals surface area contributed by atoms with Gasteiger partial charge in [0.1, 0.15) is 0 Å². The Labute approximate surface area is 86.2 Å². The average molecular weight is 193 g/mol.